The Bertz CT molecular complexity index is 849. The number of unbranched alkanes of at least 4 members (excludes halogenated alkanes) is 9. The van der Waals surface area contributed by atoms with E-state index in [-0.39, 0.29) is 12.3 Å². The van der Waals surface area contributed by atoms with E-state index in [9.17, 15) is 24.3 Å². The van der Waals surface area contributed by atoms with E-state index < -0.39 is 30.1 Å². The molecule has 4 N–H and O–H groups in total. The standard InChI is InChI=1S/C31H51N3O6/c1-3-5-6-7-8-9-10-11-15-21-28(35)33-26(20-16-17-22-32-31(39)40-23-4-2)30(38)34-27(24-29(36)37)25-18-13-12-14-19-25/h12-14,18-19,26-27H,3-11,15-17,20-24H2,1-2H3,(H,32,39)(H,33,35)(H,34,38)(H,36,37). The molecule has 40 heavy (non-hydrogen) atoms. The second-order valence-corrected chi connectivity index (χ2v) is 10.3. The van der Waals surface area contributed by atoms with E-state index in [0.717, 1.165) is 25.7 Å². The van der Waals surface area contributed by atoms with Gasteiger partial charge in [0.05, 0.1) is 19.1 Å². The van der Waals surface area contributed by atoms with Crippen molar-refractivity contribution in [1.82, 2.24) is 16.0 Å². The van der Waals surface area contributed by atoms with Gasteiger partial charge in [0.1, 0.15) is 6.04 Å². The Morgan fingerprint density at radius 2 is 1.45 bits per heavy atom. The molecule has 0 radical (unpaired) electrons. The summed E-state index contributed by atoms with van der Waals surface area (Å²) in [7, 11) is 0. The lowest BCUT2D eigenvalue weighted by atomic mass is 10.0. The lowest BCUT2D eigenvalue weighted by molar-refractivity contribution is -0.138. The molecule has 1 aromatic rings. The van der Waals surface area contributed by atoms with E-state index in [1.165, 1.54) is 38.5 Å². The molecule has 0 saturated heterocycles. The van der Waals surface area contributed by atoms with E-state index in [4.69, 9.17) is 4.74 Å². The van der Waals surface area contributed by atoms with Crippen molar-refractivity contribution < 1.29 is 29.0 Å². The summed E-state index contributed by atoms with van der Waals surface area (Å²) in [6, 6.07) is 7.45. The molecular formula is C31H51N3O6. The Morgan fingerprint density at radius 3 is 2.08 bits per heavy atom. The smallest absolute Gasteiger partial charge is 0.407 e. The van der Waals surface area contributed by atoms with Crippen molar-refractivity contribution in [2.75, 3.05) is 13.2 Å². The Kier molecular flexibility index (Phi) is 19.8. The van der Waals surface area contributed by atoms with E-state index >= 15 is 0 Å². The van der Waals surface area contributed by atoms with Crippen molar-refractivity contribution >= 4 is 23.9 Å². The molecule has 0 aliphatic carbocycles. The summed E-state index contributed by atoms with van der Waals surface area (Å²) in [6.07, 6.45) is 12.3. The van der Waals surface area contributed by atoms with Crippen molar-refractivity contribution in [1.29, 1.82) is 0 Å². The molecule has 0 heterocycles. The van der Waals surface area contributed by atoms with Gasteiger partial charge in [0.25, 0.3) is 0 Å². The normalized spacial score (nSPS) is 12.2. The zero-order valence-electron chi connectivity index (χ0n) is 24.6. The first-order valence-electron chi connectivity index (χ1n) is 15.1. The summed E-state index contributed by atoms with van der Waals surface area (Å²) < 4.78 is 4.99. The molecule has 0 aliphatic heterocycles. The van der Waals surface area contributed by atoms with Crippen molar-refractivity contribution in [2.24, 2.45) is 0 Å². The lowest BCUT2D eigenvalue weighted by Gasteiger charge is -2.23. The number of benzene rings is 1. The molecule has 0 saturated carbocycles. The molecular weight excluding hydrogens is 510 g/mol. The third kappa shape index (κ3) is 17.5. The van der Waals surface area contributed by atoms with Crippen LogP contribution in [0.4, 0.5) is 4.79 Å². The van der Waals surface area contributed by atoms with E-state index in [0.29, 0.717) is 44.4 Å². The van der Waals surface area contributed by atoms with Gasteiger partial charge in [-0.2, -0.15) is 0 Å². The molecule has 2 unspecified atom stereocenters. The molecule has 9 heteroatoms. The third-order valence-corrected chi connectivity index (χ3v) is 6.68. The monoisotopic (exact) mass is 561 g/mol. The van der Waals surface area contributed by atoms with Crippen LogP contribution >= 0.6 is 0 Å². The number of aliphatic carboxylic acids is 1. The highest BCUT2D eigenvalue weighted by molar-refractivity contribution is 5.88. The van der Waals surface area contributed by atoms with Crippen LogP contribution in [-0.2, 0) is 19.1 Å². The number of carboxylic acids is 1. The van der Waals surface area contributed by atoms with Gasteiger partial charge >= 0.3 is 12.1 Å². The first-order valence-corrected chi connectivity index (χ1v) is 15.1. The highest BCUT2D eigenvalue weighted by Gasteiger charge is 2.25. The van der Waals surface area contributed by atoms with Crippen LogP contribution in [0.1, 0.15) is 122 Å². The first kappa shape index (κ1) is 34.9. The molecule has 0 aromatic heterocycles. The molecule has 9 nitrogen and oxygen atoms in total. The van der Waals surface area contributed by atoms with Crippen LogP contribution in [0.3, 0.4) is 0 Å². The summed E-state index contributed by atoms with van der Waals surface area (Å²) in [4.78, 5) is 49.1. The predicted molar refractivity (Wildman–Crippen MR) is 157 cm³/mol. The highest BCUT2D eigenvalue weighted by atomic mass is 16.5. The Morgan fingerprint density at radius 1 is 0.800 bits per heavy atom. The average molecular weight is 562 g/mol. The van der Waals surface area contributed by atoms with Crippen LogP contribution in [0.5, 0.6) is 0 Å². The van der Waals surface area contributed by atoms with Gasteiger partial charge in [0.2, 0.25) is 11.8 Å². The lowest BCUT2D eigenvalue weighted by Crippen LogP contribution is -2.48. The summed E-state index contributed by atoms with van der Waals surface area (Å²) in [5.74, 6) is -1.62. The fourth-order valence-corrected chi connectivity index (χ4v) is 4.43. The molecule has 2 atom stereocenters. The van der Waals surface area contributed by atoms with Crippen LogP contribution in [0.25, 0.3) is 0 Å². The molecule has 226 valence electrons. The number of amides is 3. The van der Waals surface area contributed by atoms with E-state index in [1.807, 2.05) is 13.0 Å². The molecule has 1 aromatic carbocycles. The zero-order valence-corrected chi connectivity index (χ0v) is 24.6. The SMILES string of the molecule is CCCCCCCCCCCC(=O)NC(CCCCNC(=O)OCCC)C(=O)NC(CC(=O)O)c1ccccc1. The maximum atomic E-state index is 13.2. The van der Waals surface area contributed by atoms with E-state index in [1.54, 1.807) is 24.3 Å². The van der Waals surface area contributed by atoms with Crippen molar-refractivity contribution in [3.05, 3.63) is 35.9 Å². The summed E-state index contributed by atoms with van der Waals surface area (Å²) in [6.45, 7) is 4.88. The van der Waals surface area contributed by atoms with Crippen LogP contribution in [0, 0.1) is 0 Å². The van der Waals surface area contributed by atoms with Crippen molar-refractivity contribution in [2.45, 2.75) is 122 Å². The van der Waals surface area contributed by atoms with Gasteiger partial charge in [-0.3, -0.25) is 14.4 Å². The third-order valence-electron chi connectivity index (χ3n) is 6.68. The zero-order chi connectivity index (χ0) is 29.4. The molecule has 0 spiro atoms. The maximum Gasteiger partial charge on any atom is 0.407 e. The van der Waals surface area contributed by atoms with Crippen molar-refractivity contribution in [3.63, 3.8) is 0 Å². The predicted octanol–water partition coefficient (Wildman–Crippen LogP) is 6.03. The Hall–Kier alpha value is -3.10. The number of carbonyl (C=O) groups is 4. The largest absolute Gasteiger partial charge is 0.481 e. The molecule has 3 amide bonds. The molecule has 0 bridgehead atoms. The van der Waals surface area contributed by atoms with Crippen LogP contribution in [-0.4, -0.2) is 48.2 Å². The minimum atomic E-state index is -1.03. The fourth-order valence-electron chi connectivity index (χ4n) is 4.43. The number of alkyl carbamates (subject to hydrolysis) is 1. The van der Waals surface area contributed by atoms with Gasteiger partial charge in [-0.05, 0) is 37.7 Å². The number of hydrogen-bond acceptors (Lipinski definition) is 5. The first-order chi connectivity index (χ1) is 19.4. The molecule has 1 rings (SSSR count). The van der Waals surface area contributed by atoms with Crippen LogP contribution in [0.2, 0.25) is 0 Å². The maximum absolute atomic E-state index is 13.2. The minimum absolute atomic E-state index is 0.182. The topological polar surface area (TPSA) is 134 Å². The second kappa shape index (κ2) is 22.7. The van der Waals surface area contributed by atoms with Crippen LogP contribution in [0.15, 0.2) is 30.3 Å². The Balaban J connectivity index is 2.62. The molecule has 0 fully saturated rings. The number of nitrogens with one attached hydrogen (secondary N) is 3. The summed E-state index contributed by atoms with van der Waals surface area (Å²) in [5.41, 5.74) is 0.688. The minimum Gasteiger partial charge on any atom is -0.481 e. The number of carboxylic acid groups (broad SMARTS) is 1. The number of carbonyl (C=O) groups excluding carboxylic acids is 3. The highest BCUT2D eigenvalue weighted by Crippen LogP contribution is 2.17. The number of rotatable bonds is 23. The average Bonchev–Trinajstić information content (AvgIpc) is 2.94. The number of hydrogen-bond donors (Lipinski definition) is 4. The summed E-state index contributed by atoms with van der Waals surface area (Å²) >= 11 is 0. The van der Waals surface area contributed by atoms with Crippen molar-refractivity contribution in [3.8, 4) is 0 Å². The van der Waals surface area contributed by atoms with Gasteiger partial charge in [0.15, 0.2) is 0 Å². The Labute approximate surface area is 240 Å². The van der Waals surface area contributed by atoms with E-state index in [2.05, 4.69) is 22.9 Å². The van der Waals surface area contributed by atoms with Gasteiger partial charge in [0, 0.05) is 13.0 Å². The fraction of sp³-hybridized carbons (Fsp3) is 0.677. The second-order valence-electron chi connectivity index (χ2n) is 10.3. The van der Waals surface area contributed by atoms with Crippen LogP contribution < -0.4 is 16.0 Å². The van der Waals surface area contributed by atoms with Gasteiger partial charge in [-0.1, -0.05) is 95.5 Å². The van der Waals surface area contributed by atoms with Gasteiger partial charge in [-0.15, -0.1) is 0 Å². The van der Waals surface area contributed by atoms with Gasteiger partial charge in [-0.25, -0.2) is 4.79 Å². The number of ether oxygens (including phenoxy) is 1. The quantitative estimate of drug-likeness (QED) is 0.121. The van der Waals surface area contributed by atoms with Gasteiger partial charge < -0.3 is 25.8 Å². The molecule has 0 aliphatic rings. The summed E-state index contributed by atoms with van der Waals surface area (Å²) in [5, 5.41) is 17.8.